The maximum atomic E-state index is 13.1. The van der Waals surface area contributed by atoms with E-state index in [1.54, 1.807) is 17.0 Å². The summed E-state index contributed by atoms with van der Waals surface area (Å²) in [6, 6.07) is 6.16. The highest BCUT2D eigenvalue weighted by atomic mass is 32.1. The van der Waals surface area contributed by atoms with Gasteiger partial charge in [-0.2, -0.15) is 0 Å². The summed E-state index contributed by atoms with van der Waals surface area (Å²) in [5.41, 5.74) is 0.835. The Bertz CT molecular complexity index is 800. The number of halogens is 1. The Morgan fingerprint density at radius 2 is 2.00 bits per heavy atom. The van der Waals surface area contributed by atoms with Crippen molar-refractivity contribution in [1.29, 1.82) is 0 Å². The molecule has 5 nitrogen and oxygen atoms in total. The predicted octanol–water partition coefficient (Wildman–Crippen LogP) is 4.39. The Hall–Kier alpha value is -1.99. The molecule has 0 radical (unpaired) electrons. The molecule has 7 heteroatoms. The molecule has 2 aromatic rings. The van der Waals surface area contributed by atoms with Crippen molar-refractivity contribution in [3.05, 3.63) is 35.5 Å². The number of hydrogen-bond donors (Lipinski definition) is 0. The summed E-state index contributed by atoms with van der Waals surface area (Å²) in [7, 11) is 0. The molecule has 1 atom stereocenters. The predicted molar refractivity (Wildman–Crippen MR) is 105 cm³/mol. The quantitative estimate of drug-likeness (QED) is 0.778. The van der Waals surface area contributed by atoms with Crippen molar-refractivity contribution in [2.75, 3.05) is 24.5 Å². The number of carbonyl (C=O) groups excluding carboxylic acids is 1. The summed E-state index contributed by atoms with van der Waals surface area (Å²) in [6.07, 6.45) is 1.84. The van der Waals surface area contributed by atoms with E-state index >= 15 is 0 Å². The van der Waals surface area contributed by atoms with Gasteiger partial charge in [0.05, 0.1) is 0 Å². The number of hydrogen-bond acceptors (Lipinski definition) is 5. The van der Waals surface area contributed by atoms with E-state index in [1.165, 1.54) is 23.5 Å². The van der Waals surface area contributed by atoms with Gasteiger partial charge in [-0.1, -0.05) is 0 Å². The first-order valence-corrected chi connectivity index (χ1v) is 10.3. The van der Waals surface area contributed by atoms with Crippen LogP contribution in [-0.2, 0) is 4.74 Å². The second-order valence-electron chi connectivity index (χ2n) is 7.54. The summed E-state index contributed by atoms with van der Waals surface area (Å²) in [6.45, 7) is 6.96. The first kappa shape index (κ1) is 18.4. The van der Waals surface area contributed by atoms with Crippen molar-refractivity contribution in [3.63, 3.8) is 0 Å². The lowest BCUT2D eigenvalue weighted by molar-refractivity contribution is -0.0314. The maximum Gasteiger partial charge on any atom is 0.416 e. The zero-order valence-corrected chi connectivity index (χ0v) is 16.4. The van der Waals surface area contributed by atoms with E-state index < -0.39 is 0 Å². The van der Waals surface area contributed by atoms with Gasteiger partial charge in [0.25, 0.3) is 0 Å². The summed E-state index contributed by atoms with van der Waals surface area (Å²) in [4.78, 5) is 21.5. The van der Waals surface area contributed by atoms with Crippen LogP contribution in [0.4, 0.5) is 15.0 Å². The lowest BCUT2D eigenvalue weighted by Crippen LogP contribution is -2.53. The highest BCUT2D eigenvalue weighted by Gasteiger charge is 2.38. The fourth-order valence-electron chi connectivity index (χ4n) is 3.90. The fourth-order valence-corrected chi connectivity index (χ4v) is 4.70. The summed E-state index contributed by atoms with van der Waals surface area (Å²) >= 11 is 1.44. The highest BCUT2D eigenvalue weighted by molar-refractivity contribution is 7.13. The first-order chi connectivity index (χ1) is 13.0. The van der Waals surface area contributed by atoms with Gasteiger partial charge in [0, 0.05) is 23.5 Å². The molecule has 3 saturated heterocycles. The molecule has 3 aliphatic heterocycles. The van der Waals surface area contributed by atoms with E-state index in [1.807, 2.05) is 19.2 Å². The van der Waals surface area contributed by atoms with E-state index in [-0.39, 0.29) is 24.1 Å². The van der Waals surface area contributed by atoms with Crippen molar-refractivity contribution in [1.82, 2.24) is 9.88 Å². The molecule has 0 saturated carbocycles. The number of benzene rings is 1. The van der Waals surface area contributed by atoms with Crippen LogP contribution in [0.5, 0.6) is 0 Å². The molecular weight excluding hydrogens is 365 g/mol. The Labute approximate surface area is 162 Å². The molecule has 27 heavy (non-hydrogen) atoms. The maximum absolute atomic E-state index is 13.1. The zero-order chi connectivity index (χ0) is 19.0. The summed E-state index contributed by atoms with van der Waals surface area (Å²) in [5.74, 6) is 0.777. The number of rotatable bonds is 4. The minimum atomic E-state index is -0.334. The first-order valence-electron chi connectivity index (χ1n) is 9.45. The van der Waals surface area contributed by atoms with Gasteiger partial charge in [-0.3, -0.25) is 9.80 Å². The Balaban J connectivity index is 1.50. The molecule has 3 aliphatic rings. The number of carbonyl (C=O) groups is 1. The van der Waals surface area contributed by atoms with Crippen molar-refractivity contribution in [2.45, 2.75) is 38.8 Å². The Kier molecular flexibility index (Phi) is 5.14. The number of thiazole rings is 1. The lowest BCUT2D eigenvalue weighted by atomic mass is 9.86. The number of fused-ring (bicyclic) bond motifs is 3. The van der Waals surface area contributed by atoms with Gasteiger partial charge in [-0.25, -0.2) is 14.2 Å². The van der Waals surface area contributed by atoms with Crippen LogP contribution >= 0.6 is 11.3 Å². The second kappa shape index (κ2) is 7.56. The number of piperidine rings is 3. The van der Waals surface area contributed by atoms with Crippen molar-refractivity contribution >= 4 is 23.2 Å². The lowest BCUT2D eigenvalue weighted by Gasteiger charge is -2.44. The largest absolute Gasteiger partial charge is 0.444 e. The molecule has 1 amide bonds. The average Bonchev–Trinajstić information content (AvgIpc) is 3.12. The van der Waals surface area contributed by atoms with Gasteiger partial charge in [0.2, 0.25) is 0 Å². The average molecular weight is 389 g/mol. The van der Waals surface area contributed by atoms with E-state index in [9.17, 15) is 9.18 Å². The van der Waals surface area contributed by atoms with Gasteiger partial charge < -0.3 is 4.74 Å². The highest BCUT2D eigenvalue weighted by Crippen LogP contribution is 2.32. The number of nitrogens with zero attached hydrogens (tertiary/aromatic N) is 3. The van der Waals surface area contributed by atoms with Gasteiger partial charge in [-0.15, -0.1) is 11.3 Å². The van der Waals surface area contributed by atoms with Crippen molar-refractivity contribution < 1.29 is 13.9 Å². The molecule has 144 valence electrons. The summed E-state index contributed by atoms with van der Waals surface area (Å²) < 4.78 is 19.0. The van der Waals surface area contributed by atoms with Gasteiger partial charge >= 0.3 is 6.09 Å². The van der Waals surface area contributed by atoms with E-state index in [0.29, 0.717) is 11.7 Å². The molecule has 0 aliphatic carbocycles. The second-order valence-corrected chi connectivity index (χ2v) is 8.40. The topological polar surface area (TPSA) is 45.7 Å². The normalized spacial score (nSPS) is 24.2. The minimum absolute atomic E-state index is 0.0311. The third kappa shape index (κ3) is 3.84. The fraction of sp³-hybridized carbons (Fsp3) is 0.500. The smallest absolute Gasteiger partial charge is 0.416 e. The van der Waals surface area contributed by atoms with E-state index in [4.69, 9.17) is 4.74 Å². The molecule has 4 heterocycles. The van der Waals surface area contributed by atoms with Gasteiger partial charge in [-0.05, 0) is 70.0 Å². The monoisotopic (exact) mass is 389 g/mol. The SMILES string of the molecule is CC(C)N(C(=O)OC1CN2CCC1CC2)c1csc(-c2ccc(F)cc2)n1. The molecule has 1 unspecified atom stereocenters. The molecular formula is C20H24FN3O2S. The number of aromatic nitrogens is 1. The molecule has 5 rings (SSSR count). The number of amides is 1. The van der Waals surface area contributed by atoms with Crippen LogP contribution in [-0.4, -0.2) is 47.8 Å². The summed E-state index contributed by atoms with van der Waals surface area (Å²) in [5, 5.41) is 2.61. The van der Waals surface area contributed by atoms with Crippen LogP contribution < -0.4 is 4.90 Å². The molecule has 2 bridgehead atoms. The number of anilines is 1. The standard InChI is InChI=1S/C20H24FN3O2S/c1-13(2)24(20(25)26-17-11-23-9-7-14(17)8-10-23)18-12-27-19(22-18)15-3-5-16(21)6-4-15/h3-6,12-14,17H,7-11H2,1-2H3. The molecule has 0 N–H and O–H groups in total. The molecule has 3 fully saturated rings. The van der Waals surface area contributed by atoms with Crippen molar-refractivity contribution in [3.8, 4) is 10.6 Å². The van der Waals surface area contributed by atoms with Crippen LogP contribution in [0.2, 0.25) is 0 Å². The van der Waals surface area contributed by atoms with Crippen LogP contribution in [0.15, 0.2) is 29.6 Å². The molecule has 1 aromatic heterocycles. The molecule has 1 aromatic carbocycles. The Morgan fingerprint density at radius 3 is 2.59 bits per heavy atom. The van der Waals surface area contributed by atoms with Gasteiger partial charge in [0.15, 0.2) is 0 Å². The van der Waals surface area contributed by atoms with Crippen LogP contribution in [0, 0.1) is 11.7 Å². The van der Waals surface area contributed by atoms with Gasteiger partial charge in [0.1, 0.15) is 22.7 Å². The third-order valence-electron chi connectivity index (χ3n) is 5.39. The van der Waals surface area contributed by atoms with E-state index in [2.05, 4.69) is 9.88 Å². The minimum Gasteiger partial charge on any atom is -0.444 e. The van der Waals surface area contributed by atoms with Crippen LogP contribution in [0.1, 0.15) is 26.7 Å². The third-order valence-corrected chi connectivity index (χ3v) is 6.27. The van der Waals surface area contributed by atoms with E-state index in [0.717, 1.165) is 43.0 Å². The van der Waals surface area contributed by atoms with Crippen molar-refractivity contribution in [2.24, 2.45) is 5.92 Å². The van der Waals surface area contributed by atoms with Crippen LogP contribution in [0.25, 0.3) is 10.6 Å². The van der Waals surface area contributed by atoms with Crippen LogP contribution in [0.3, 0.4) is 0 Å². The number of ether oxygens (including phenoxy) is 1. The Morgan fingerprint density at radius 1 is 1.30 bits per heavy atom. The molecule has 0 spiro atoms. The zero-order valence-electron chi connectivity index (χ0n) is 15.6.